The summed E-state index contributed by atoms with van der Waals surface area (Å²) in [6.07, 6.45) is 2.52. The normalized spacial score (nSPS) is 10.7. The number of fused-ring (bicyclic) bond motifs is 1. The van der Waals surface area contributed by atoms with Crippen molar-refractivity contribution < 1.29 is 4.74 Å². The first-order chi connectivity index (χ1) is 10.3. The van der Waals surface area contributed by atoms with Crippen LogP contribution in [0.3, 0.4) is 0 Å². The lowest BCUT2D eigenvalue weighted by Gasteiger charge is -2.08. The fraction of sp³-hybridized carbons (Fsp3) is 0.214. The molecule has 21 heavy (non-hydrogen) atoms. The van der Waals surface area contributed by atoms with Crippen LogP contribution in [0.2, 0.25) is 0 Å². The molecule has 0 aliphatic carbocycles. The Hall–Kier alpha value is -2.83. The lowest BCUT2D eigenvalue weighted by molar-refractivity contribution is 0.315. The van der Waals surface area contributed by atoms with Crippen LogP contribution in [0.15, 0.2) is 36.5 Å². The van der Waals surface area contributed by atoms with Crippen molar-refractivity contribution in [2.75, 3.05) is 24.2 Å². The van der Waals surface area contributed by atoms with E-state index in [1.807, 2.05) is 30.3 Å². The Morgan fingerprint density at radius 3 is 2.90 bits per heavy atom. The van der Waals surface area contributed by atoms with Crippen molar-refractivity contribution in [1.82, 2.24) is 20.2 Å². The van der Waals surface area contributed by atoms with Crippen LogP contribution in [0.5, 0.6) is 5.75 Å². The number of para-hydroxylation sites is 1. The maximum atomic E-state index is 5.66. The molecule has 0 aliphatic heterocycles. The quantitative estimate of drug-likeness (QED) is 0.597. The third-order valence-electron chi connectivity index (χ3n) is 2.95. The molecule has 0 saturated heterocycles. The number of aromatic amines is 1. The molecule has 0 fully saturated rings. The fourth-order valence-electron chi connectivity index (χ4n) is 1.97. The highest BCUT2D eigenvalue weighted by atomic mass is 16.5. The van der Waals surface area contributed by atoms with Crippen molar-refractivity contribution in [1.29, 1.82) is 0 Å². The lowest BCUT2D eigenvalue weighted by atomic mass is 10.3. The van der Waals surface area contributed by atoms with E-state index in [9.17, 15) is 0 Å². The molecule has 0 bridgehead atoms. The SMILES string of the molecule is Nc1nc(NCCCOc2ccccc2)c2cn[nH]c2n1. The highest BCUT2D eigenvalue weighted by Gasteiger charge is 2.07. The van der Waals surface area contributed by atoms with Crippen LogP contribution in [-0.4, -0.2) is 33.3 Å². The van der Waals surface area contributed by atoms with Crippen LogP contribution in [-0.2, 0) is 0 Å². The molecule has 2 aromatic heterocycles. The summed E-state index contributed by atoms with van der Waals surface area (Å²) >= 11 is 0. The number of nitrogens with two attached hydrogens (primary N) is 1. The highest BCUT2D eigenvalue weighted by molar-refractivity contribution is 5.86. The molecule has 0 atom stereocenters. The predicted octanol–water partition coefficient (Wildman–Crippen LogP) is 1.82. The number of ether oxygens (including phenoxy) is 1. The largest absolute Gasteiger partial charge is 0.494 e. The third kappa shape index (κ3) is 3.19. The molecule has 0 aliphatic rings. The summed E-state index contributed by atoms with van der Waals surface area (Å²) in [6, 6.07) is 9.74. The van der Waals surface area contributed by atoms with Gasteiger partial charge < -0.3 is 15.8 Å². The Bertz CT molecular complexity index is 712. The monoisotopic (exact) mass is 284 g/mol. The predicted molar refractivity (Wildman–Crippen MR) is 81.1 cm³/mol. The number of anilines is 2. The summed E-state index contributed by atoms with van der Waals surface area (Å²) in [4.78, 5) is 8.25. The van der Waals surface area contributed by atoms with E-state index in [0.717, 1.165) is 24.1 Å². The van der Waals surface area contributed by atoms with Crippen molar-refractivity contribution in [2.45, 2.75) is 6.42 Å². The van der Waals surface area contributed by atoms with Gasteiger partial charge in [0.1, 0.15) is 11.6 Å². The number of nitrogens with zero attached hydrogens (tertiary/aromatic N) is 3. The lowest BCUT2D eigenvalue weighted by Crippen LogP contribution is -2.09. The number of hydrogen-bond donors (Lipinski definition) is 3. The molecule has 1 aromatic carbocycles. The van der Waals surface area contributed by atoms with Gasteiger partial charge in [0.15, 0.2) is 5.65 Å². The van der Waals surface area contributed by atoms with Gasteiger partial charge in [-0.2, -0.15) is 15.1 Å². The van der Waals surface area contributed by atoms with E-state index in [1.54, 1.807) is 6.20 Å². The number of nitrogens with one attached hydrogen (secondary N) is 2. The van der Waals surface area contributed by atoms with Crippen LogP contribution in [0.1, 0.15) is 6.42 Å². The molecule has 0 amide bonds. The van der Waals surface area contributed by atoms with Gasteiger partial charge in [0.05, 0.1) is 18.2 Å². The van der Waals surface area contributed by atoms with Crippen molar-refractivity contribution in [3.8, 4) is 5.75 Å². The molecule has 3 aromatic rings. The van der Waals surface area contributed by atoms with E-state index in [0.29, 0.717) is 18.1 Å². The molecule has 0 radical (unpaired) electrons. The second kappa shape index (κ2) is 6.08. The Morgan fingerprint density at radius 1 is 1.19 bits per heavy atom. The Balaban J connectivity index is 1.52. The summed E-state index contributed by atoms with van der Waals surface area (Å²) in [5.41, 5.74) is 6.29. The standard InChI is InChI=1S/C14H16N6O/c15-14-18-12(11-9-17-20-13(11)19-14)16-7-4-8-21-10-5-2-1-3-6-10/h1-3,5-6,9H,4,7-8H2,(H4,15,16,17,18,19,20). The van der Waals surface area contributed by atoms with Gasteiger partial charge in [-0.05, 0) is 18.6 Å². The minimum absolute atomic E-state index is 0.217. The Labute approximate surface area is 121 Å². The maximum Gasteiger partial charge on any atom is 0.224 e. The third-order valence-corrected chi connectivity index (χ3v) is 2.95. The van der Waals surface area contributed by atoms with Gasteiger partial charge in [0, 0.05) is 6.54 Å². The first-order valence-electron chi connectivity index (χ1n) is 6.71. The van der Waals surface area contributed by atoms with E-state index < -0.39 is 0 Å². The van der Waals surface area contributed by atoms with Crippen molar-refractivity contribution in [2.24, 2.45) is 0 Å². The second-order valence-electron chi connectivity index (χ2n) is 4.50. The van der Waals surface area contributed by atoms with Gasteiger partial charge in [-0.3, -0.25) is 5.10 Å². The molecule has 7 nitrogen and oxygen atoms in total. The van der Waals surface area contributed by atoms with Crippen LogP contribution >= 0.6 is 0 Å². The maximum absolute atomic E-state index is 5.66. The van der Waals surface area contributed by atoms with Gasteiger partial charge in [-0.15, -0.1) is 0 Å². The number of rotatable bonds is 6. The molecule has 2 heterocycles. The summed E-state index contributed by atoms with van der Waals surface area (Å²) in [5.74, 6) is 1.78. The molecular formula is C14H16N6O. The van der Waals surface area contributed by atoms with Crippen LogP contribution < -0.4 is 15.8 Å². The summed E-state index contributed by atoms with van der Waals surface area (Å²) in [7, 11) is 0. The van der Waals surface area contributed by atoms with Gasteiger partial charge in [0.25, 0.3) is 0 Å². The van der Waals surface area contributed by atoms with Crippen molar-refractivity contribution in [3.63, 3.8) is 0 Å². The topological polar surface area (TPSA) is 102 Å². The molecule has 7 heteroatoms. The minimum atomic E-state index is 0.217. The number of H-pyrrole nitrogens is 1. The highest BCUT2D eigenvalue weighted by Crippen LogP contribution is 2.18. The molecule has 0 spiro atoms. The van der Waals surface area contributed by atoms with Crippen LogP contribution in [0.4, 0.5) is 11.8 Å². The summed E-state index contributed by atoms with van der Waals surface area (Å²) in [6.45, 7) is 1.36. The zero-order valence-electron chi connectivity index (χ0n) is 11.4. The van der Waals surface area contributed by atoms with Crippen LogP contribution in [0.25, 0.3) is 11.0 Å². The molecular weight excluding hydrogens is 268 g/mol. The second-order valence-corrected chi connectivity index (χ2v) is 4.50. The Kier molecular flexibility index (Phi) is 3.81. The molecule has 3 rings (SSSR count). The van der Waals surface area contributed by atoms with E-state index in [2.05, 4.69) is 25.5 Å². The molecule has 4 N–H and O–H groups in total. The van der Waals surface area contributed by atoms with Crippen molar-refractivity contribution in [3.05, 3.63) is 36.5 Å². The fourth-order valence-corrected chi connectivity index (χ4v) is 1.97. The van der Waals surface area contributed by atoms with E-state index in [-0.39, 0.29) is 5.95 Å². The number of nitrogen functional groups attached to an aromatic ring is 1. The zero-order valence-corrected chi connectivity index (χ0v) is 11.4. The minimum Gasteiger partial charge on any atom is -0.494 e. The Morgan fingerprint density at radius 2 is 2.05 bits per heavy atom. The van der Waals surface area contributed by atoms with Gasteiger partial charge in [-0.1, -0.05) is 18.2 Å². The average Bonchev–Trinajstić information content (AvgIpc) is 2.96. The first kappa shape index (κ1) is 13.2. The number of aromatic nitrogens is 4. The van der Waals surface area contributed by atoms with Gasteiger partial charge >= 0.3 is 0 Å². The number of benzene rings is 1. The van der Waals surface area contributed by atoms with E-state index >= 15 is 0 Å². The average molecular weight is 284 g/mol. The van der Waals surface area contributed by atoms with Crippen LogP contribution in [0, 0.1) is 0 Å². The first-order valence-corrected chi connectivity index (χ1v) is 6.71. The molecule has 108 valence electrons. The zero-order chi connectivity index (χ0) is 14.5. The molecule has 0 unspecified atom stereocenters. The summed E-state index contributed by atoms with van der Waals surface area (Å²) < 4.78 is 5.62. The van der Waals surface area contributed by atoms with E-state index in [4.69, 9.17) is 10.5 Å². The van der Waals surface area contributed by atoms with Gasteiger partial charge in [0.2, 0.25) is 5.95 Å². The van der Waals surface area contributed by atoms with E-state index in [1.165, 1.54) is 0 Å². The summed E-state index contributed by atoms with van der Waals surface area (Å²) in [5, 5.41) is 10.8. The molecule has 0 saturated carbocycles. The number of hydrogen-bond acceptors (Lipinski definition) is 6. The van der Waals surface area contributed by atoms with Gasteiger partial charge in [-0.25, -0.2) is 0 Å². The smallest absolute Gasteiger partial charge is 0.224 e. The van der Waals surface area contributed by atoms with Crippen molar-refractivity contribution >= 4 is 22.8 Å².